The van der Waals surface area contributed by atoms with Gasteiger partial charge in [-0.25, -0.2) is 0 Å². The van der Waals surface area contributed by atoms with Crippen molar-refractivity contribution in [3.8, 4) is 0 Å². The van der Waals surface area contributed by atoms with Crippen LogP contribution in [0.3, 0.4) is 0 Å². The molecule has 0 spiro atoms. The lowest BCUT2D eigenvalue weighted by Gasteiger charge is -2.23. The van der Waals surface area contributed by atoms with Crippen molar-refractivity contribution in [3.63, 3.8) is 0 Å². The van der Waals surface area contributed by atoms with Crippen LogP contribution < -0.4 is 10.0 Å². The van der Waals surface area contributed by atoms with Gasteiger partial charge in [0.15, 0.2) is 0 Å². The van der Waals surface area contributed by atoms with Gasteiger partial charge in [-0.2, -0.15) is 17.4 Å². The largest absolute Gasteiger partial charge is 0.383 e. The van der Waals surface area contributed by atoms with Crippen molar-refractivity contribution in [2.45, 2.75) is 31.3 Å². The summed E-state index contributed by atoms with van der Waals surface area (Å²) in [6.45, 7) is 1.92. The van der Waals surface area contributed by atoms with Gasteiger partial charge in [-0.05, 0) is 19.3 Å². The Kier molecular flexibility index (Phi) is 4.37. The minimum absolute atomic E-state index is 0.321. The second-order valence-corrected chi connectivity index (χ2v) is 6.43. The predicted octanol–water partition coefficient (Wildman–Crippen LogP) is -0.706. The molecule has 100 valence electrons. The molecule has 2 aliphatic heterocycles. The normalized spacial score (nSPS) is 30.4. The van der Waals surface area contributed by atoms with Crippen molar-refractivity contribution in [2.24, 2.45) is 0 Å². The minimum Gasteiger partial charge on any atom is -0.383 e. The Morgan fingerprint density at radius 2 is 2.12 bits per heavy atom. The van der Waals surface area contributed by atoms with Gasteiger partial charge < -0.3 is 10.1 Å². The van der Waals surface area contributed by atoms with E-state index in [0.29, 0.717) is 38.3 Å². The molecule has 0 saturated carbocycles. The van der Waals surface area contributed by atoms with Gasteiger partial charge in [-0.15, -0.1) is 0 Å². The van der Waals surface area contributed by atoms with Gasteiger partial charge in [-0.1, -0.05) is 0 Å². The first kappa shape index (κ1) is 13.2. The first-order valence-electron chi connectivity index (χ1n) is 6.11. The van der Waals surface area contributed by atoms with Crippen LogP contribution in [0.2, 0.25) is 0 Å². The predicted molar refractivity (Wildman–Crippen MR) is 64.9 cm³/mol. The lowest BCUT2D eigenvalue weighted by Crippen LogP contribution is -2.45. The van der Waals surface area contributed by atoms with Crippen LogP contribution in [0.4, 0.5) is 0 Å². The highest BCUT2D eigenvalue weighted by Crippen LogP contribution is 2.21. The van der Waals surface area contributed by atoms with Gasteiger partial charge in [0.2, 0.25) is 0 Å². The van der Waals surface area contributed by atoms with Crippen LogP contribution in [0.5, 0.6) is 0 Å². The summed E-state index contributed by atoms with van der Waals surface area (Å²) in [5.41, 5.74) is 0. The van der Waals surface area contributed by atoms with Crippen LogP contribution in [0.25, 0.3) is 0 Å². The van der Waals surface area contributed by atoms with Crippen molar-refractivity contribution < 1.29 is 13.2 Å². The third kappa shape index (κ3) is 3.38. The van der Waals surface area contributed by atoms with Gasteiger partial charge in [-0.3, -0.25) is 0 Å². The summed E-state index contributed by atoms with van der Waals surface area (Å²) in [6, 6.07) is 0.820. The number of fused-ring (bicyclic) bond motifs is 2. The molecular formula is C10H21N3O3S. The first-order chi connectivity index (χ1) is 8.12. The third-order valence-electron chi connectivity index (χ3n) is 3.42. The second-order valence-electron chi connectivity index (χ2n) is 4.68. The molecule has 17 heavy (non-hydrogen) atoms. The van der Waals surface area contributed by atoms with Crippen molar-refractivity contribution in [3.05, 3.63) is 0 Å². The van der Waals surface area contributed by atoms with E-state index in [1.54, 1.807) is 11.4 Å². The van der Waals surface area contributed by atoms with E-state index in [1.807, 2.05) is 0 Å². The van der Waals surface area contributed by atoms with E-state index < -0.39 is 10.2 Å². The maximum Gasteiger partial charge on any atom is 0.279 e. The molecule has 0 aromatic rings. The van der Waals surface area contributed by atoms with Gasteiger partial charge >= 0.3 is 0 Å². The monoisotopic (exact) mass is 263 g/mol. The zero-order valence-corrected chi connectivity index (χ0v) is 11.0. The molecule has 2 atom stereocenters. The van der Waals surface area contributed by atoms with Gasteiger partial charge in [0, 0.05) is 38.8 Å². The minimum atomic E-state index is -3.34. The number of methoxy groups -OCH3 is 1. The summed E-state index contributed by atoms with van der Waals surface area (Å²) >= 11 is 0. The number of hydrogen-bond acceptors (Lipinski definition) is 4. The Labute approximate surface area is 103 Å². The highest BCUT2D eigenvalue weighted by atomic mass is 32.2. The SMILES string of the molecule is COCCNS(=O)(=O)N1CCC2CCC(C1)N2. The molecule has 0 aromatic heterocycles. The molecule has 2 rings (SSSR count). The molecule has 2 saturated heterocycles. The van der Waals surface area contributed by atoms with E-state index in [0.717, 1.165) is 12.8 Å². The van der Waals surface area contributed by atoms with Gasteiger partial charge in [0.25, 0.3) is 10.2 Å². The molecule has 2 heterocycles. The Balaban J connectivity index is 1.92. The first-order valence-corrected chi connectivity index (χ1v) is 7.55. The molecule has 0 aromatic carbocycles. The lowest BCUT2D eigenvalue weighted by molar-refractivity contribution is 0.203. The maximum atomic E-state index is 12.0. The summed E-state index contributed by atoms with van der Waals surface area (Å²) in [5.74, 6) is 0. The molecule has 0 radical (unpaired) electrons. The molecule has 2 unspecified atom stereocenters. The molecule has 2 N–H and O–H groups in total. The van der Waals surface area contributed by atoms with E-state index in [4.69, 9.17) is 4.74 Å². The summed E-state index contributed by atoms with van der Waals surface area (Å²) in [6.07, 6.45) is 3.16. The van der Waals surface area contributed by atoms with Crippen LogP contribution in [-0.2, 0) is 14.9 Å². The summed E-state index contributed by atoms with van der Waals surface area (Å²) in [5, 5.41) is 3.46. The number of hydrogen-bond donors (Lipinski definition) is 2. The molecule has 2 aliphatic rings. The highest BCUT2D eigenvalue weighted by Gasteiger charge is 2.33. The van der Waals surface area contributed by atoms with E-state index in [1.165, 1.54) is 6.42 Å². The topological polar surface area (TPSA) is 70.7 Å². The zero-order chi connectivity index (χ0) is 12.3. The van der Waals surface area contributed by atoms with Crippen LogP contribution in [0.15, 0.2) is 0 Å². The average molecular weight is 263 g/mol. The number of nitrogens with zero attached hydrogens (tertiary/aromatic N) is 1. The Bertz CT molecular complexity index is 347. The van der Waals surface area contributed by atoms with Crippen LogP contribution in [0, 0.1) is 0 Å². The fourth-order valence-corrected chi connectivity index (χ4v) is 3.74. The van der Waals surface area contributed by atoms with E-state index in [9.17, 15) is 8.42 Å². The average Bonchev–Trinajstić information content (AvgIpc) is 2.57. The zero-order valence-electron chi connectivity index (χ0n) is 10.2. The molecule has 7 heteroatoms. The van der Waals surface area contributed by atoms with Crippen LogP contribution >= 0.6 is 0 Å². The fraction of sp³-hybridized carbons (Fsp3) is 1.00. The van der Waals surface area contributed by atoms with Crippen molar-refractivity contribution in [1.29, 1.82) is 0 Å². The summed E-state index contributed by atoms with van der Waals surface area (Å²) in [4.78, 5) is 0. The van der Waals surface area contributed by atoms with Gasteiger partial charge in [0.05, 0.1) is 6.61 Å². The quantitative estimate of drug-likeness (QED) is 0.643. The van der Waals surface area contributed by atoms with E-state index >= 15 is 0 Å². The summed E-state index contributed by atoms with van der Waals surface area (Å²) in [7, 11) is -1.78. The molecule has 0 aliphatic carbocycles. The molecular weight excluding hydrogens is 242 g/mol. The number of rotatable bonds is 5. The third-order valence-corrected chi connectivity index (χ3v) is 5.00. The van der Waals surface area contributed by atoms with Crippen molar-refractivity contribution in [2.75, 3.05) is 33.4 Å². The standard InChI is InChI=1S/C10H21N3O3S/c1-16-7-5-11-17(14,15)13-6-4-9-2-3-10(8-13)12-9/h9-12H,2-8H2,1H3. The molecule has 2 fully saturated rings. The van der Waals surface area contributed by atoms with Crippen LogP contribution in [0.1, 0.15) is 19.3 Å². The van der Waals surface area contributed by atoms with E-state index in [2.05, 4.69) is 10.0 Å². The second kappa shape index (κ2) is 5.62. The van der Waals surface area contributed by atoms with Crippen molar-refractivity contribution >= 4 is 10.2 Å². The fourth-order valence-electron chi connectivity index (χ4n) is 2.49. The van der Waals surface area contributed by atoms with Gasteiger partial charge in [0.1, 0.15) is 0 Å². The summed E-state index contributed by atoms with van der Waals surface area (Å²) < 4.78 is 33.0. The molecule has 0 amide bonds. The molecule has 6 nitrogen and oxygen atoms in total. The van der Waals surface area contributed by atoms with E-state index in [-0.39, 0.29) is 0 Å². The number of ether oxygens (including phenoxy) is 1. The lowest BCUT2D eigenvalue weighted by atomic mass is 10.1. The smallest absolute Gasteiger partial charge is 0.279 e. The maximum absolute atomic E-state index is 12.0. The Hall–Kier alpha value is -0.210. The van der Waals surface area contributed by atoms with Crippen LogP contribution in [-0.4, -0.2) is 58.2 Å². The highest BCUT2D eigenvalue weighted by molar-refractivity contribution is 7.87. The number of nitrogens with one attached hydrogen (secondary N) is 2. The Morgan fingerprint density at radius 1 is 1.35 bits per heavy atom. The molecule has 2 bridgehead atoms. The van der Waals surface area contributed by atoms with Crippen molar-refractivity contribution in [1.82, 2.24) is 14.3 Å². The Morgan fingerprint density at radius 3 is 2.88 bits per heavy atom.